The van der Waals surface area contributed by atoms with Gasteiger partial charge in [0.1, 0.15) is 0 Å². The monoisotopic (exact) mass is 304 g/mol. The molecule has 0 radical (unpaired) electrons. The van der Waals surface area contributed by atoms with Crippen LogP contribution in [0, 0.1) is 11.8 Å². The smallest absolute Gasteiger partial charge is 0.317 e. The van der Waals surface area contributed by atoms with Gasteiger partial charge in [-0.05, 0) is 24.3 Å². The van der Waals surface area contributed by atoms with E-state index in [0.717, 1.165) is 5.56 Å². The minimum atomic E-state index is -0.760. The molecule has 120 valence electrons. The molecule has 1 saturated heterocycles. The standard InChI is InChI=1S/C17H24N2O3/c1-12(2)15(13-6-4-3-5-7-13)18-17(22)19-10-8-14(9-11-19)16(20)21/h3-7,12,14-15H,8-11H2,1-2H3,(H,18,22)(H,20,21). The maximum Gasteiger partial charge on any atom is 0.317 e. The van der Waals surface area contributed by atoms with Gasteiger partial charge in [-0.25, -0.2) is 4.79 Å². The number of amides is 2. The van der Waals surface area contributed by atoms with Crippen molar-refractivity contribution in [1.82, 2.24) is 10.2 Å². The van der Waals surface area contributed by atoms with Crippen molar-refractivity contribution in [1.29, 1.82) is 0 Å². The van der Waals surface area contributed by atoms with Gasteiger partial charge in [-0.15, -0.1) is 0 Å². The highest BCUT2D eigenvalue weighted by molar-refractivity contribution is 5.76. The van der Waals surface area contributed by atoms with Gasteiger partial charge < -0.3 is 15.3 Å². The summed E-state index contributed by atoms with van der Waals surface area (Å²) < 4.78 is 0. The Morgan fingerprint density at radius 3 is 2.27 bits per heavy atom. The van der Waals surface area contributed by atoms with Gasteiger partial charge in [-0.1, -0.05) is 44.2 Å². The fraction of sp³-hybridized carbons (Fsp3) is 0.529. The Balaban J connectivity index is 1.97. The summed E-state index contributed by atoms with van der Waals surface area (Å²) in [4.78, 5) is 25.1. The SMILES string of the molecule is CC(C)C(NC(=O)N1CCC(C(=O)O)CC1)c1ccccc1. The van der Waals surface area contributed by atoms with Crippen LogP contribution in [0.15, 0.2) is 30.3 Å². The normalized spacial score (nSPS) is 17.3. The Morgan fingerprint density at radius 2 is 1.77 bits per heavy atom. The molecule has 1 heterocycles. The third-order valence-electron chi connectivity index (χ3n) is 4.24. The quantitative estimate of drug-likeness (QED) is 0.898. The van der Waals surface area contributed by atoms with Crippen LogP contribution in [0.25, 0.3) is 0 Å². The van der Waals surface area contributed by atoms with Crippen LogP contribution in [0.5, 0.6) is 0 Å². The first-order valence-corrected chi connectivity index (χ1v) is 7.82. The molecular weight excluding hydrogens is 280 g/mol. The van der Waals surface area contributed by atoms with Gasteiger partial charge in [-0.3, -0.25) is 4.79 Å². The number of carbonyl (C=O) groups is 2. The van der Waals surface area contributed by atoms with Crippen LogP contribution in [-0.2, 0) is 4.79 Å². The maximum absolute atomic E-state index is 12.4. The maximum atomic E-state index is 12.4. The van der Waals surface area contributed by atoms with E-state index in [1.165, 1.54) is 0 Å². The van der Waals surface area contributed by atoms with E-state index in [2.05, 4.69) is 19.2 Å². The Labute approximate surface area is 131 Å². The summed E-state index contributed by atoms with van der Waals surface area (Å²) in [6.07, 6.45) is 1.06. The van der Waals surface area contributed by atoms with Crippen molar-refractivity contribution >= 4 is 12.0 Å². The van der Waals surface area contributed by atoms with Crippen molar-refractivity contribution in [3.05, 3.63) is 35.9 Å². The second kappa shape index (κ2) is 7.29. The molecule has 1 aromatic carbocycles. The summed E-state index contributed by atoms with van der Waals surface area (Å²) in [5, 5.41) is 12.1. The van der Waals surface area contributed by atoms with Gasteiger partial charge >= 0.3 is 12.0 Å². The van der Waals surface area contributed by atoms with Crippen molar-refractivity contribution in [2.75, 3.05) is 13.1 Å². The molecule has 5 nitrogen and oxygen atoms in total. The number of piperidine rings is 1. The van der Waals surface area contributed by atoms with E-state index < -0.39 is 5.97 Å². The number of nitrogens with one attached hydrogen (secondary N) is 1. The van der Waals surface area contributed by atoms with Gasteiger partial charge in [0.15, 0.2) is 0 Å². The van der Waals surface area contributed by atoms with Crippen LogP contribution in [0.3, 0.4) is 0 Å². The third kappa shape index (κ3) is 4.00. The molecule has 2 N–H and O–H groups in total. The van der Waals surface area contributed by atoms with Crippen LogP contribution in [0.1, 0.15) is 38.3 Å². The number of hydrogen-bond donors (Lipinski definition) is 2. The van der Waals surface area contributed by atoms with E-state index in [1.807, 2.05) is 30.3 Å². The number of benzene rings is 1. The summed E-state index contributed by atoms with van der Waals surface area (Å²) in [5.74, 6) is -0.800. The average molecular weight is 304 g/mol. The van der Waals surface area contributed by atoms with E-state index in [9.17, 15) is 9.59 Å². The third-order valence-corrected chi connectivity index (χ3v) is 4.24. The number of carboxylic acid groups (broad SMARTS) is 1. The Kier molecular flexibility index (Phi) is 5.41. The van der Waals surface area contributed by atoms with Crippen molar-refractivity contribution in [2.24, 2.45) is 11.8 Å². The van der Waals surface area contributed by atoms with Crippen LogP contribution in [0.4, 0.5) is 4.79 Å². The lowest BCUT2D eigenvalue weighted by Gasteiger charge is -2.32. The summed E-state index contributed by atoms with van der Waals surface area (Å²) in [7, 11) is 0. The number of rotatable bonds is 4. The summed E-state index contributed by atoms with van der Waals surface area (Å²) in [6.45, 7) is 5.16. The predicted molar refractivity (Wildman–Crippen MR) is 84.5 cm³/mol. The molecule has 0 spiro atoms. The van der Waals surface area contributed by atoms with Gasteiger partial charge in [0.2, 0.25) is 0 Å². The van der Waals surface area contributed by atoms with Crippen LogP contribution in [-0.4, -0.2) is 35.1 Å². The molecule has 0 saturated carbocycles. The Bertz CT molecular complexity index is 508. The van der Waals surface area contributed by atoms with Gasteiger partial charge in [0, 0.05) is 13.1 Å². The molecule has 2 rings (SSSR count). The molecule has 2 amide bonds. The molecule has 0 aromatic heterocycles. The van der Waals surface area contributed by atoms with Crippen molar-refractivity contribution < 1.29 is 14.7 Å². The van der Waals surface area contributed by atoms with Crippen molar-refractivity contribution in [3.63, 3.8) is 0 Å². The number of aliphatic carboxylic acids is 1. The molecule has 1 aliphatic heterocycles. The zero-order chi connectivity index (χ0) is 16.1. The fourth-order valence-corrected chi connectivity index (χ4v) is 2.85. The molecule has 1 fully saturated rings. The highest BCUT2D eigenvalue weighted by Gasteiger charge is 2.28. The minimum Gasteiger partial charge on any atom is -0.481 e. The molecule has 1 atom stereocenters. The van der Waals surface area contributed by atoms with Gasteiger partial charge in [0.25, 0.3) is 0 Å². The first kappa shape index (κ1) is 16.3. The number of likely N-dealkylation sites (tertiary alicyclic amines) is 1. The van der Waals surface area contributed by atoms with Crippen molar-refractivity contribution in [3.8, 4) is 0 Å². The van der Waals surface area contributed by atoms with E-state index in [-0.39, 0.29) is 23.9 Å². The molecule has 5 heteroatoms. The van der Waals surface area contributed by atoms with Crippen LogP contribution < -0.4 is 5.32 Å². The number of urea groups is 1. The van der Waals surface area contributed by atoms with Crippen molar-refractivity contribution in [2.45, 2.75) is 32.7 Å². The topological polar surface area (TPSA) is 69.6 Å². The molecule has 1 aliphatic rings. The zero-order valence-corrected chi connectivity index (χ0v) is 13.2. The van der Waals surface area contributed by atoms with Gasteiger partial charge in [-0.2, -0.15) is 0 Å². The lowest BCUT2D eigenvalue weighted by molar-refractivity contribution is -0.143. The average Bonchev–Trinajstić information content (AvgIpc) is 2.53. The number of carboxylic acids is 1. The largest absolute Gasteiger partial charge is 0.481 e. The molecule has 1 unspecified atom stereocenters. The highest BCUT2D eigenvalue weighted by atomic mass is 16.4. The van der Waals surface area contributed by atoms with Crippen LogP contribution >= 0.6 is 0 Å². The van der Waals surface area contributed by atoms with E-state index in [1.54, 1.807) is 4.90 Å². The summed E-state index contributed by atoms with van der Waals surface area (Å²) >= 11 is 0. The van der Waals surface area contributed by atoms with Gasteiger partial charge in [0.05, 0.1) is 12.0 Å². The predicted octanol–water partition coefficient (Wildman–Crippen LogP) is 2.89. The lowest BCUT2D eigenvalue weighted by Crippen LogP contribution is -2.47. The van der Waals surface area contributed by atoms with E-state index >= 15 is 0 Å². The first-order valence-electron chi connectivity index (χ1n) is 7.82. The molecule has 0 aliphatic carbocycles. The number of nitrogens with zero attached hydrogens (tertiary/aromatic N) is 1. The van der Waals surface area contributed by atoms with E-state index in [0.29, 0.717) is 25.9 Å². The highest BCUT2D eigenvalue weighted by Crippen LogP contribution is 2.23. The Morgan fingerprint density at radius 1 is 1.18 bits per heavy atom. The van der Waals surface area contributed by atoms with E-state index in [4.69, 9.17) is 5.11 Å². The summed E-state index contributed by atoms with van der Waals surface area (Å²) in [5.41, 5.74) is 1.09. The van der Waals surface area contributed by atoms with Crippen LogP contribution in [0.2, 0.25) is 0 Å². The Hall–Kier alpha value is -2.04. The summed E-state index contributed by atoms with van der Waals surface area (Å²) in [6, 6.07) is 9.78. The molecule has 0 bridgehead atoms. The lowest BCUT2D eigenvalue weighted by atomic mass is 9.95. The minimum absolute atomic E-state index is 0.0362. The molecule has 1 aromatic rings. The second-order valence-electron chi connectivity index (χ2n) is 6.18. The molecular formula is C17H24N2O3. The fourth-order valence-electron chi connectivity index (χ4n) is 2.85. The number of carbonyl (C=O) groups excluding carboxylic acids is 1. The second-order valence-corrected chi connectivity index (χ2v) is 6.18. The molecule has 22 heavy (non-hydrogen) atoms. The number of hydrogen-bond acceptors (Lipinski definition) is 2. The first-order chi connectivity index (χ1) is 10.5. The zero-order valence-electron chi connectivity index (χ0n) is 13.2.